The lowest BCUT2D eigenvalue weighted by Gasteiger charge is -2.07. The number of benzene rings is 2. The smallest absolute Gasteiger partial charge is 0.287 e. The van der Waals surface area contributed by atoms with Gasteiger partial charge in [0.1, 0.15) is 18.2 Å². The molecule has 128 valence electrons. The number of ether oxygens (including phenoxy) is 1. The van der Waals surface area contributed by atoms with Crippen LogP contribution in [0.4, 0.5) is 4.39 Å². The molecule has 0 bridgehead atoms. The van der Waals surface area contributed by atoms with Gasteiger partial charge in [-0.05, 0) is 36.2 Å². The molecule has 0 aliphatic carbocycles. The van der Waals surface area contributed by atoms with E-state index in [1.54, 1.807) is 24.3 Å². The Balaban J connectivity index is 1.54. The van der Waals surface area contributed by atoms with E-state index in [2.05, 4.69) is 5.32 Å². The molecule has 0 unspecified atom stereocenters. The summed E-state index contributed by atoms with van der Waals surface area (Å²) >= 11 is 0. The Bertz CT molecular complexity index is 830. The first-order chi connectivity index (χ1) is 12.2. The maximum Gasteiger partial charge on any atom is 0.287 e. The van der Waals surface area contributed by atoms with Gasteiger partial charge in [0.2, 0.25) is 0 Å². The number of hydrogen-bond donors (Lipinski definition) is 1. The predicted octanol–water partition coefficient (Wildman–Crippen LogP) is 3.97. The molecule has 0 saturated heterocycles. The summed E-state index contributed by atoms with van der Waals surface area (Å²) in [5.41, 5.74) is 1.22. The molecule has 0 aliphatic heterocycles. The van der Waals surface area contributed by atoms with Crippen LogP contribution in [0.3, 0.4) is 0 Å². The van der Waals surface area contributed by atoms with Gasteiger partial charge in [0.15, 0.2) is 5.76 Å². The number of amides is 1. The molecular weight excluding hydrogens is 321 g/mol. The van der Waals surface area contributed by atoms with Crippen molar-refractivity contribution >= 4 is 5.91 Å². The summed E-state index contributed by atoms with van der Waals surface area (Å²) in [6.45, 7) is 0.552. The lowest BCUT2D eigenvalue weighted by Crippen LogP contribution is -2.26. The van der Waals surface area contributed by atoms with Crippen LogP contribution in [-0.4, -0.2) is 12.5 Å². The third-order valence-corrected chi connectivity index (χ3v) is 3.73. The number of nitrogens with one attached hydrogen (secondary N) is 1. The van der Waals surface area contributed by atoms with Crippen LogP contribution in [0, 0.1) is 5.82 Å². The van der Waals surface area contributed by atoms with Crippen molar-refractivity contribution in [2.24, 2.45) is 0 Å². The number of furan rings is 1. The average Bonchev–Trinajstić information content (AvgIpc) is 3.11. The molecule has 0 atom stereocenters. The SMILES string of the molecule is O=C(NCCc1ccccc1F)c1occc1COc1ccccc1. The first kappa shape index (κ1) is 16.8. The molecule has 0 saturated carbocycles. The van der Waals surface area contributed by atoms with E-state index in [0.29, 0.717) is 24.1 Å². The van der Waals surface area contributed by atoms with Crippen molar-refractivity contribution in [3.8, 4) is 5.75 Å². The van der Waals surface area contributed by atoms with Crippen molar-refractivity contribution in [1.82, 2.24) is 5.32 Å². The van der Waals surface area contributed by atoms with Gasteiger partial charge in [-0.25, -0.2) is 4.39 Å². The van der Waals surface area contributed by atoms with Gasteiger partial charge >= 0.3 is 0 Å². The van der Waals surface area contributed by atoms with Gasteiger partial charge in [0.05, 0.1) is 6.26 Å². The van der Waals surface area contributed by atoms with Crippen LogP contribution < -0.4 is 10.1 Å². The largest absolute Gasteiger partial charge is 0.489 e. The molecule has 0 aliphatic rings. The number of para-hydroxylation sites is 1. The van der Waals surface area contributed by atoms with Crippen LogP contribution in [-0.2, 0) is 13.0 Å². The summed E-state index contributed by atoms with van der Waals surface area (Å²) < 4.78 is 24.5. The molecular formula is C20H18FNO3. The Morgan fingerprint density at radius 3 is 2.56 bits per heavy atom. The highest BCUT2D eigenvalue weighted by Crippen LogP contribution is 2.16. The maximum absolute atomic E-state index is 13.6. The Morgan fingerprint density at radius 1 is 1.00 bits per heavy atom. The summed E-state index contributed by atoms with van der Waals surface area (Å²) in [7, 11) is 0. The van der Waals surface area contributed by atoms with Gasteiger partial charge < -0.3 is 14.5 Å². The van der Waals surface area contributed by atoms with Gasteiger partial charge in [-0.2, -0.15) is 0 Å². The highest BCUT2D eigenvalue weighted by Gasteiger charge is 2.15. The van der Waals surface area contributed by atoms with Crippen LogP contribution in [0.5, 0.6) is 5.75 Å². The summed E-state index contributed by atoms with van der Waals surface area (Å²) in [4.78, 5) is 12.3. The number of hydrogen-bond acceptors (Lipinski definition) is 3. The van der Waals surface area contributed by atoms with Crippen molar-refractivity contribution in [2.45, 2.75) is 13.0 Å². The van der Waals surface area contributed by atoms with Crippen LogP contribution in [0.2, 0.25) is 0 Å². The zero-order chi connectivity index (χ0) is 17.5. The first-order valence-corrected chi connectivity index (χ1v) is 8.00. The van der Waals surface area contributed by atoms with Gasteiger partial charge in [0, 0.05) is 12.1 Å². The number of halogens is 1. The highest BCUT2D eigenvalue weighted by molar-refractivity contribution is 5.92. The summed E-state index contributed by atoms with van der Waals surface area (Å²) in [5.74, 6) is 0.318. The normalized spacial score (nSPS) is 10.4. The minimum atomic E-state index is -0.340. The van der Waals surface area contributed by atoms with Gasteiger partial charge in [-0.1, -0.05) is 36.4 Å². The summed E-state index contributed by atoms with van der Waals surface area (Å²) in [5, 5.41) is 2.74. The highest BCUT2D eigenvalue weighted by atomic mass is 19.1. The van der Waals surface area contributed by atoms with E-state index >= 15 is 0 Å². The monoisotopic (exact) mass is 339 g/mol. The quantitative estimate of drug-likeness (QED) is 0.709. The molecule has 25 heavy (non-hydrogen) atoms. The molecule has 0 fully saturated rings. The zero-order valence-corrected chi connectivity index (χ0v) is 13.6. The minimum absolute atomic E-state index is 0.212. The molecule has 1 N–H and O–H groups in total. The molecule has 0 spiro atoms. The van der Waals surface area contributed by atoms with Crippen LogP contribution >= 0.6 is 0 Å². The van der Waals surface area contributed by atoms with Gasteiger partial charge in [0.25, 0.3) is 5.91 Å². The van der Waals surface area contributed by atoms with Gasteiger partial charge in [-0.15, -0.1) is 0 Å². The van der Waals surface area contributed by atoms with Crippen molar-refractivity contribution in [3.05, 3.63) is 89.6 Å². The second-order valence-electron chi connectivity index (χ2n) is 5.47. The van der Waals surface area contributed by atoms with Crippen molar-refractivity contribution in [3.63, 3.8) is 0 Å². The van der Waals surface area contributed by atoms with E-state index in [4.69, 9.17) is 9.15 Å². The van der Waals surface area contributed by atoms with Gasteiger partial charge in [-0.3, -0.25) is 4.79 Å². The summed E-state index contributed by atoms with van der Waals surface area (Å²) in [6, 6.07) is 17.6. The summed E-state index contributed by atoms with van der Waals surface area (Å²) in [6.07, 6.45) is 1.87. The van der Waals surface area contributed by atoms with E-state index in [1.807, 2.05) is 30.3 Å². The molecule has 1 amide bonds. The molecule has 0 radical (unpaired) electrons. The fourth-order valence-electron chi connectivity index (χ4n) is 2.42. The zero-order valence-electron chi connectivity index (χ0n) is 13.6. The first-order valence-electron chi connectivity index (χ1n) is 8.00. The Morgan fingerprint density at radius 2 is 1.76 bits per heavy atom. The number of carbonyl (C=O) groups is 1. The minimum Gasteiger partial charge on any atom is -0.489 e. The standard InChI is InChI=1S/C20H18FNO3/c21-18-9-5-4-6-15(18)10-12-22-20(23)19-16(11-13-24-19)14-25-17-7-2-1-3-8-17/h1-9,11,13H,10,12,14H2,(H,22,23). The van der Waals surface area contributed by atoms with E-state index in [9.17, 15) is 9.18 Å². The van der Waals surface area contributed by atoms with Crippen molar-refractivity contribution < 1.29 is 18.3 Å². The second kappa shape index (κ2) is 8.15. The van der Waals surface area contributed by atoms with E-state index in [-0.39, 0.29) is 24.1 Å². The molecule has 3 aromatic rings. The third-order valence-electron chi connectivity index (χ3n) is 3.73. The lowest BCUT2D eigenvalue weighted by atomic mass is 10.1. The van der Waals surface area contributed by atoms with Crippen molar-refractivity contribution in [2.75, 3.05) is 6.54 Å². The van der Waals surface area contributed by atoms with E-state index in [1.165, 1.54) is 12.3 Å². The Hall–Kier alpha value is -3.08. The van der Waals surface area contributed by atoms with Crippen LogP contribution in [0.1, 0.15) is 21.7 Å². The Kier molecular flexibility index (Phi) is 5.46. The third kappa shape index (κ3) is 4.47. The fraction of sp³-hybridized carbons (Fsp3) is 0.150. The molecule has 3 rings (SSSR count). The average molecular weight is 339 g/mol. The van der Waals surface area contributed by atoms with Crippen LogP contribution in [0.25, 0.3) is 0 Å². The molecule has 1 aromatic heterocycles. The van der Waals surface area contributed by atoms with E-state index in [0.717, 1.165) is 5.75 Å². The van der Waals surface area contributed by atoms with Crippen molar-refractivity contribution in [1.29, 1.82) is 0 Å². The number of rotatable bonds is 7. The fourth-order valence-corrected chi connectivity index (χ4v) is 2.42. The predicted molar refractivity (Wildman–Crippen MR) is 91.9 cm³/mol. The molecule has 1 heterocycles. The lowest BCUT2D eigenvalue weighted by molar-refractivity contribution is 0.0923. The maximum atomic E-state index is 13.6. The van der Waals surface area contributed by atoms with E-state index < -0.39 is 0 Å². The Labute approximate surface area is 145 Å². The topological polar surface area (TPSA) is 51.5 Å². The molecule has 5 heteroatoms. The van der Waals surface area contributed by atoms with Crippen LogP contribution in [0.15, 0.2) is 71.3 Å². The number of carbonyl (C=O) groups excluding carboxylic acids is 1. The molecule has 2 aromatic carbocycles. The molecule has 4 nitrogen and oxygen atoms in total. The second-order valence-corrected chi connectivity index (χ2v) is 5.47.